The Morgan fingerprint density at radius 3 is 2.59 bits per heavy atom. The van der Waals surface area contributed by atoms with Gasteiger partial charge in [-0.2, -0.15) is 18.4 Å². The summed E-state index contributed by atoms with van der Waals surface area (Å²) in [5, 5.41) is 20.8. The summed E-state index contributed by atoms with van der Waals surface area (Å²) in [6.07, 6.45) is -0.645. The highest BCUT2D eigenvalue weighted by atomic mass is 32.1. The Kier molecular flexibility index (Phi) is 9.05. The number of allylic oxidation sites excluding steroid dienone is 2. The Morgan fingerprint density at radius 1 is 1.17 bits per heavy atom. The summed E-state index contributed by atoms with van der Waals surface area (Å²) in [5.74, 6) is -1.06. The van der Waals surface area contributed by atoms with Gasteiger partial charge in [-0.15, -0.1) is 0 Å². The van der Waals surface area contributed by atoms with Crippen LogP contribution in [0, 0.1) is 28.0 Å². The van der Waals surface area contributed by atoms with Gasteiger partial charge in [0.15, 0.2) is 5.78 Å². The lowest BCUT2D eigenvalue weighted by atomic mass is 9.63. The van der Waals surface area contributed by atoms with E-state index in [-0.39, 0.29) is 25.0 Å². The van der Waals surface area contributed by atoms with Gasteiger partial charge in [-0.05, 0) is 85.0 Å². The van der Waals surface area contributed by atoms with Gasteiger partial charge >= 0.3 is 6.18 Å². The van der Waals surface area contributed by atoms with Crippen molar-refractivity contribution in [1.82, 2.24) is 9.71 Å². The van der Waals surface area contributed by atoms with E-state index in [1.165, 1.54) is 24.3 Å². The highest BCUT2D eigenvalue weighted by Crippen LogP contribution is 2.46. The third kappa shape index (κ3) is 6.73. The molecule has 3 aromatic rings. The van der Waals surface area contributed by atoms with Crippen molar-refractivity contribution < 1.29 is 22.4 Å². The Labute approximate surface area is 239 Å². The summed E-state index contributed by atoms with van der Waals surface area (Å²) in [6.45, 7) is 0.321. The fraction of sp³-hybridized carbons (Fsp3) is 0.200. The number of nitrogens with zero attached hydrogens (tertiary/aromatic N) is 2. The maximum Gasteiger partial charge on any atom is 0.416 e. The van der Waals surface area contributed by atoms with Crippen LogP contribution < -0.4 is 10.0 Å². The summed E-state index contributed by atoms with van der Waals surface area (Å²) < 4.78 is 57.0. The number of benzene rings is 2. The predicted octanol–water partition coefficient (Wildman–Crippen LogP) is 6.69. The number of rotatable bonds is 10. The molecule has 4 rings (SSSR count). The number of alkyl halides is 3. The van der Waals surface area contributed by atoms with Crippen LogP contribution in [-0.4, -0.2) is 23.5 Å². The quantitative estimate of drug-likeness (QED) is 0.0928. The zero-order valence-corrected chi connectivity index (χ0v) is 22.5. The van der Waals surface area contributed by atoms with E-state index in [1.807, 2.05) is 0 Å². The molecule has 1 aliphatic rings. The summed E-state index contributed by atoms with van der Waals surface area (Å²) in [6, 6.07) is 15.9. The number of carbonyl (C=O) groups is 1. The van der Waals surface area contributed by atoms with Crippen molar-refractivity contribution in [2.45, 2.75) is 25.4 Å². The van der Waals surface area contributed by atoms with Gasteiger partial charge in [0.25, 0.3) is 0 Å². The number of hydrogen-bond donors (Lipinski definition) is 4. The molecule has 0 amide bonds. The van der Waals surface area contributed by atoms with Crippen LogP contribution in [0.3, 0.4) is 0 Å². The Bertz CT molecular complexity index is 1560. The molecule has 11 heteroatoms. The number of hydrogen-bond acceptors (Lipinski definition) is 7. The number of Topliss-reactive ketones (excluding diaryl/α,β-unsaturated/α-hetero) is 1. The number of anilines is 1. The van der Waals surface area contributed by atoms with Crippen LogP contribution >= 0.6 is 12.8 Å². The molecular formula is C30H25F4N5OS. The van der Waals surface area contributed by atoms with Crippen LogP contribution in [0.5, 0.6) is 0 Å². The molecule has 1 heterocycles. The molecular weight excluding hydrogens is 554 g/mol. The Hall–Kier alpha value is -4.27. The van der Waals surface area contributed by atoms with Crippen molar-refractivity contribution in [3.8, 4) is 6.07 Å². The summed E-state index contributed by atoms with van der Waals surface area (Å²) in [5.41, 5.74) is 0.204. The maximum atomic E-state index is 14.4. The molecule has 1 unspecified atom stereocenters. The largest absolute Gasteiger partial charge is 0.416 e. The molecule has 0 aliphatic heterocycles. The number of halogens is 4. The number of carbonyl (C=O) groups excluding carboxylic acids is 1. The lowest BCUT2D eigenvalue weighted by Crippen LogP contribution is -2.40. The standard InChI is InChI=1S/C30H25F4N5OS/c31-24-4-6-25(7-5-24)39-26-13-22(9-11-38-41)29(16-21(26)18-36,15-19-2-1-3-20(12-19)17-35)28(40)27-14-23(8-10-37-27)30(32,33)34/h1-8,10,12-14,18,36,38-39,41H,9,11,15-16H2. The van der Waals surface area contributed by atoms with E-state index in [4.69, 9.17) is 5.41 Å². The molecule has 2 aromatic carbocycles. The first kappa shape index (κ1) is 29.7. The molecule has 41 heavy (non-hydrogen) atoms. The SMILES string of the molecule is N#Cc1cccc(CC2(C(=O)c3cc(C(F)(F)F)ccn3)CC(C=N)=C(Nc3ccc(F)cc3)C=C2CCNS)c1. The minimum absolute atomic E-state index is 0.0357. The Balaban J connectivity index is 1.89. The van der Waals surface area contributed by atoms with Gasteiger partial charge in [0.2, 0.25) is 0 Å². The fourth-order valence-corrected chi connectivity index (χ4v) is 5.04. The predicted molar refractivity (Wildman–Crippen MR) is 151 cm³/mol. The van der Waals surface area contributed by atoms with E-state index in [9.17, 15) is 27.6 Å². The smallest absolute Gasteiger partial charge is 0.355 e. The number of thiol groups is 1. The molecule has 3 N–H and O–H groups in total. The zero-order valence-electron chi connectivity index (χ0n) is 21.6. The maximum absolute atomic E-state index is 14.4. The lowest BCUT2D eigenvalue weighted by molar-refractivity contribution is -0.137. The fourth-order valence-electron chi connectivity index (χ4n) is 4.93. The Morgan fingerprint density at radius 2 is 1.93 bits per heavy atom. The normalized spacial score (nSPS) is 17.0. The number of pyridine rings is 1. The topological polar surface area (TPSA) is 102 Å². The third-order valence-corrected chi connectivity index (χ3v) is 7.12. The molecule has 0 fully saturated rings. The van der Waals surface area contributed by atoms with Gasteiger partial charge in [0.05, 0.1) is 22.6 Å². The van der Waals surface area contributed by atoms with Gasteiger partial charge in [-0.3, -0.25) is 14.5 Å². The molecule has 0 spiro atoms. The minimum Gasteiger partial charge on any atom is -0.355 e. The van der Waals surface area contributed by atoms with Crippen molar-refractivity contribution in [1.29, 1.82) is 10.7 Å². The highest BCUT2D eigenvalue weighted by Gasteiger charge is 2.46. The van der Waals surface area contributed by atoms with E-state index >= 15 is 0 Å². The summed E-state index contributed by atoms with van der Waals surface area (Å²) >= 11 is 4.08. The number of aromatic nitrogens is 1. The molecule has 0 saturated heterocycles. The first-order valence-electron chi connectivity index (χ1n) is 12.5. The van der Waals surface area contributed by atoms with Gasteiger partial charge in [-0.1, -0.05) is 30.5 Å². The molecule has 1 aliphatic carbocycles. The van der Waals surface area contributed by atoms with Crippen LogP contribution in [-0.2, 0) is 12.6 Å². The molecule has 0 radical (unpaired) electrons. The first-order chi connectivity index (χ1) is 19.6. The van der Waals surface area contributed by atoms with Gasteiger partial charge < -0.3 is 10.7 Å². The molecule has 6 nitrogen and oxygen atoms in total. The van der Waals surface area contributed by atoms with Crippen LogP contribution in [0.15, 0.2) is 89.8 Å². The monoisotopic (exact) mass is 579 g/mol. The number of ketones is 1. The van der Waals surface area contributed by atoms with Crippen LogP contribution in [0.2, 0.25) is 0 Å². The number of nitriles is 1. The second-order valence-corrected chi connectivity index (χ2v) is 9.86. The van der Waals surface area contributed by atoms with Gasteiger partial charge in [0, 0.05) is 30.3 Å². The molecule has 1 atom stereocenters. The molecule has 0 saturated carbocycles. The molecule has 210 valence electrons. The van der Waals surface area contributed by atoms with E-state index in [2.05, 4.69) is 33.9 Å². The second-order valence-electron chi connectivity index (χ2n) is 9.55. The summed E-state index contributed by atoms with van der Waals surface area (Å²) in [4.78, 5) is 18.4. The highest BCUT2D eigenvalue weighted by molar-refractivity contribution is 7.78. The van der Waals surface area contributed by atoms with E-state index in [0.29, 0.717) is 40.2 Å². The van der Waals surface area contributed by atoms with E-state index in [0.717, 1.165) is 24.5 Å². The minimum atomic E-state index is -4.68. The zero-order chi connectivity index (χ0) is 29.6. The molecule has 0 bridgehead atoms. The van der Waals surface area contributed by atoms with Crippen LogP contribution in [0.4, 0.5) is 23.2 Å². The van der Waals surface area contributed by atoms with Crippen LogP contribution in [0.25, 0.3) is 0 Å². The summed E-state index contributed by atoms with van der Waals surface area (Å²) in [7, 11) is 0. The lowest BCUT2D eigenvalue weighted by Gasteiger charge is -2.39. The van der Waals surface area contributed by atoms with Crippen molar-refractivity contribution in [2.75, 3.05) is 11.9 Å². The third-order valence-electron chi connectivity index (χ3n) is 6.89. The van der Waals surface area contributed by atoms with Gasteiger partial charge in [0.1, 0.15) is 11.5 Å². The van der Waals surface area contributed by atoms with E-state index in [1.54, 1.807) is 30.3 Å². The number of nitrogens with one attached hydrogen (secondary N) is 3. The second kappa shape index (κ2) is 12.5. The first-order valence-corrected chi connectivity index (χ1v) is 13.0. The van der Waals surface area contributed by atoms with Crippen molar-refractivity contribution >= 4 is 30.5 Å². The van der Waals surface area contributed by atoms with Gasteiger partial charge in [-0.25, -0.2) is 4.39 Å². The van der Waals surface area contributed by atoms with Crippen LogP contribution in [0.1, 0.15) is 40.0 Å². The van der Waals surface area contributed by atoms with E-state index < -0.39 is 28.8 Å². The average molecular weight is 580 g/mol. The van der Waals surface area contributed by atoms with Crippen molar-refractivity contribution in [3.63, 3.8) is 0 Å². The van der Waals surface area contributed by atoms with Crippen molar-refractivity contribution in [2.24, 2.45) is 5.41 Å². The van der Waals surface area contributed by atoms with Crippen molar-refractivity contribution in [3.05, 3.63) is 118 Å². The molecule has 1 aromatic heterocycles. The average Bonchev–Trinajstić information content (AvgIpc) is 2.97.